The molecule has 1 atom stereocenters. The van der Waals surface area contributed by atoms with Gasteiger partial charge < -0.3 is 14.7 Å². The number of piperidine rings is 1. The molecule has 1 amide bonds. The van der Waals surface area contributed by atoms with E-state index in [9.17, 15) is 9.59 Å². The molecular formula is C21H22N2O4. The van der Waals surface area contributed by atoms with E-state index in [4.69, 9.17) is 9.84 Å². The van der Waals surface area contributed by atoms with Gasteiger partial charge in [-0.2, -0.15) is 0 Å². The van der Waals surface area contributed by atoms with Crippen LogP contribution in [0.1, 0.15) is 35.2 Å². The number of hydrogen-bond donors (Lipinski definition) is 1. The molecule has 0 radical (unpaired) electrons. The zero-order valence-electron chi connectivity index (χ0n) is 15.0. The Bertz CT molecular complexity index is 827. The Morgan fingerprint density at radius 2 is 1.89 bits per heavy atom. The molecule has 140 valence electrons. The molecule has 0 bridgehead atoms. The zero-order chi connectivity index (χ0) is 18.9. The number of pyridine rings is 1. The molecule has 1 aliphatic heterocycles. The molecule has 6 nitrogen and oxygen atoms in total. The van der Waals surface area contributed by atoms with E-state index in [1.807, 2.05) is 30.3 Å². The zero-order valence-corrected chi connectivity index (χ0v) is 15.0. The van der Waals surface area contributed by atoms with Gasteiger partial charge in [0.1, 0.15) is 6.61 Å². The number of carbonyl (C=O) groups is 2. The van der Waals surface area contributed by atoms with E-state index in [0.717, 1.165) is 24.8 Å². The van der Waals surface area contributed by atoms with Gasteiger partial charge in [-0.15, -0.1) is 0 Å². The Labute approximate surface area is 157 Å². The van der Waals surface area contributed by atoms with Crippen LogP contribution in [-0.2, 0) is 11.4 Å². The van der Waals surface area contributed by atoms with Crippen molar-refractivity contribution >= 4 is 11.9 Å². The van der Waals surface area contributed by atoms with Crippen molar-refractivity contribution in [2.75, 3.05) is 13.1 Å². The van der Waals surface area contributed by atoms with Crippen LogP contribution in [-0.4, -0.2) is 40.0 Å². The lowest BCUT2D eigenvalue weighted by atomic mass is 9.90. The van der Waals surface area contributed by atoms with Gasteiger partial charge in [-0.3, -0.25) is 9.59 Å². The van der Waals surface area contributed by atoms with Crippen molar-refractivity contribution < 1.29 is 19.4 Å². The second kappa shape index (κ2) is 7.02. The quantitative estimate of drug-likeness (QED) is 0.880. The lowest BCUT2D eigenvalue weighted by molar-refractivity contribution is -0.139. The van der Waals surface area contributed by atoms with Crippen LogP contribution in [0.5, 0.6) is 5.88 Å². The predicted octanol–water partition coefficient (Wildman–Crippen LogP) is 2.99. The molecule has 1 aromatic carbocycles. The lowest BCUT2D eigenvalue weighted by Gasteiger charge is -2.32. The second-order valence-corrected chi connectivity index (χ2v) is 7.41. The summed E-state index contributed by atoms with van der Waals surface area (Å²) in [5, 5.41) is 9.17. The highest BCUT2D eigenvalue weighted by atomic mass is 16.5. The summed E-state index contributed by atoms with van der Waals surface area (Å²) in [6.45, 7) is 1.64. The van der Waals surface area contributed by atoms with E-state index in [2.05, 4.69) is 4.98 Å². The van der Waals surface area contributed by atoms with Crippen molar-refractivity contribution in [1.29, 1.82) is 0 Å². The smallest absolute Gasteiger partial charge is 0.307 e. The van der Waals surface area contributed by atoms with Gasteiger partial charge in [-0.25, -0.2) is 4.98 Å². The summed E-state index contributed by atoms with van der Waals surface area (Å²) in [7, 11) is 0. The standard InChI is InChI=1S/C21H22N2O4/c24-19(23-10-8-21(9-11-23)12-17(21)20(25)26)16-6-7-18(22-13-16)27-14-15-4-2-1-3-5-15/h1-7,13,17H,8-12,14H2,(H,25,26). The molecule has 27 heavy (non-hydrogen) atoms. The van der Waals surface area contributed by atoms with Crippen LogP contribution in [0.4, 0.5) is 0 Å². The molecule has 1 aliphatic carbocycles. The third-order valence-corrected chi connectivity index (χ3v) is 5.75. The molecule has 2 aromatic rings. The van der Waals surface area contributed by atoms with Crippen molar-refractivity contribution in [1.82, 2.24) is 9.88 Å². The van der Waals surface area contributed by atoms with Gasteiger partial charge in [0, 0.05) is 25.4 Å². The minimum absolute atomic E-state index is 0.0560. The molecule has 1 N–H and O–H groups in total. The molecule has 1 unspecified atom stereocenters. The van der Waals surface area contributed by atoms with Crippen LogP contribution >= 0.6 is 0 Å². The van der Waals surface area contributed by atoms with Gasteiger partial charge in [0.05, 0.1) is 11.5 Å². The highest BCUT2D eigenvalue weighted by Gasteiger charge is 2.59. The van der Waals surface area contributed by atoms with Gasteiger partial charge in [-0.1, -0.05) is 30.3 Å². The normalized spacial score (nSPS) is 20.3. The fourth-order valence-corrected chi connectivity index (χ4v) is 3.91. The Morgan fingerprint density at radius 3 is 2.48 bits per heavy atom. The maximum absolute atomic E-state index is 12.7. The van der Waals surface area contributed by atoms with Gasteiger partial charge >= 0.3 is 5.97 Å². The average molecular weight is 366 g/mol. The largest absolute Gasteiger partial charge is 0.481 e. The topological polar surface area (TPSA) is 79.7 Å². The van der Waals surface area contributed by atoms with Gasteiger partial charge in [0.25, 0.3) is 5.91 Å². The first-order valence-electron chi connectivity index (χ1n) is 9.22. The van der Waals surface area contributed by atoms with E-state index in [-0.39, 0.29) is 17.2 Å². The lowest BCUT2D eigenvalue weighted by Crippen LogP contribution is -2.40. The number of aliphatic carboxylic acids is 1. The molecule has 2 aliphatic rings. The summed E-state index contributed by atoms with van der Waals surface area (Å²) in [5.74, 6) is -0.503. The van der Waals surface area contributed by atoms with Crippen LogP contribution in [0.25, 0.3) is 0 Å². The first-order valence-corrected chi connectivity index (χ1v) is 9.22. The monoisotopic (exact) mass is 366 g/mol. The summed E-state index contributed by atoms with van der Waals surface area (Å²) in [5.41, 5.74) is 1.51. The minimum Gasteiger partial charge on any atom is -0.481 e. The summed E-state index contributed by atoms with van der Waals surface area (Å²) >= 11 is 0. The number of carboxylic acid groups (broad SMARTS) is 1. The number of rotatable bonds is 5. The van der Waals surface area contributed by atoms with Gasteiger partial charge in [0.2, 0.25) is 5.88 Å². The number of hydrogen-bond acceptors (Lipinski definition) is 4. The number of carbonyl (C=O) groups excluding carboxylic acids is 1. The fourth-order valence-electron chi connectivity index (χ4n) is 3.91. The highest BCUT2D eigenvalue weighted by Crippen LogP contribution is 2.59. The summed E-state index contributed by atoms with van der Waals surface area (Å²) in [4.78, 5) is 29.8. The van der Waals surface area contributed by atoms with Crippen molar-refractivity contribution in [2.24, 2.45) is 11.3 Å². The Hall–Kier alpha value is -2.89. The number of carboxylic acids is 1. The molecule has 1 spiro atoms. The molecule has 1 saturated heterocycles. The number of likely N-dealkylation sites (tertiary alicyclic amines) is 1. The van der Waals surface area contributed by atoms with E-state index in [1.165, 1.54) is 0 Å². The summed E-state index contributed by atoms with van der Waals surface area (Å²) in [6.07, 6.45) is 3.83. The van der Waals surface area contributed by atoms with Crippen LogP contribution in [0.15, 0.2) is 48.7 Å². The Balaban J connectivity index is 1.31. The fraction of sp³-hybridized carbons (Fsp3) is 0.381. The highest BCUT2D eigenvalue weighted by molar-refractivity contribution is 5.94. The van der Waals surface area contributed by atoms with Crippen molar-refractivity contribution in [3.63, 3.8) is 0 Å². The first kappa shape index (κ1) is 17.5. The summed E-state index contributed by atoms with van der Waals surface area (Å²) in [6, 6.07) is 13.3. The number of nitrogens with zero attached hydrogens (tertiary/aromatic N) is 2. The number of aromatic nitrogens is 1. The van der Waals surface area contributed by atoms with Crippen LogP contribution in [0, 0.1) is 11.3 Å². The van der Waals surface area contributed by atoms with Crippen LogP contribution in [0.2, 0.25) is 0 Å². The summed E-state index contributed by atoms with van der Waals surface area (Å²) < 4.78 is 5.65. The van der Waals surface area contributed by atoms with E-state index in [1.54, 1.807) is 23.2 Å². The van der Waals surface area contributed by atoms with E-state index < -0.39 is 5.97 Å². The van der Waals surface area contributed by atoms with E-state index in [0.29, 0.717) is 31.1 Å². The SMILES string of the molecule is O=C(O)C1CC12CCN(C(=O)c1ccc(OCc3ccccc3)nc1)CC2. The Morgan fingerprint density at radius 1 is 1.15 bits per heavy atom. The number of benzene rings is 1. The second-order valence-electron chi connectivity index (χ2n) is 7.41. The third-order valence-electron chi connectivity index (χ3n) is 5.75. The third kappa shape index (κ3) is 3.65. The first-order chi connectivity index (χ1) is 13.1. The minimum atomic E-state index is -0.704. The maximum Gasteiger partial charge on any atom is 0.307 e. The predicted molar refractivity (Wildman–Crippen MR) is 98.3 cm³/mol. The van der Waals surface area contributed by atoms with E-state index >= 15 is 0 Å². The molecule has 1 saturated carbocycles. The average Bonchev–Trinajstić information content (AvgIpc) is 3.41. The Kier molecular flexibility index (Phi) is 4.56. The van der Waals surface area contributed by atoms with Gasteiger partial charge in [-0.05, 0) is 36.3 Å². The number of ether oxygens (including phenoxy) is 1. The molecular weight excluding hydrogens is 344 g/mol. The maximum atomic E-state index is 12.7. The van der Waals surface area contributed by atoms with Crippen molar-refractivity contribution in [2.45, 2.75) is 25.9 Å². The van der Waals surface area contributed by atoms with Crippen molar-refractivity contribution in [3.8, 4) is 5.88 Å². The number of amides is 1. The molecule has 4 rings (SSSR count). The molecule has 2 fully saturated rings. The molecule has 2 heterocycles. The molecule has 6 heteroatoms. The van der Waals surface area contributed by atoms with Crippen LogP contribution in [0.3, 0.4) is 0 Å². The van der Waals surface area contributed by atoms with Crippen LogP contribution < -0.4 is 4.74 Å². The van der Waals surface area contributed by atoms with Crippen molar-refractivity contribution in [3.05, 3.63) is 59.8 Å². The molecule has 1 aromatic heterocycles. The van der Waals surface area contributed by atoms with Gasteiger partial charge in [0.15, 0.2) is 0 Å².